The zero-order valence-corrected chi connectivity index (χ0v) is 14.2. The molecular weight excluding hydrogens is 346 g/mol. The SMILES string of the molecule is CCOC(=O)c1ccoc1COC(=O)c1ccc2c(c1)NC(=O)CS2. The van der Waals surface area contributed by atoms with Crippen LogP contribution in [-0.4, -0.2) is 30.2 Å². The van der Waals surface area contributed by atoms with Crippen molar-refractivity contribution in [1.82, 2.24) is 0 Å². The van der Waals surface area contributed by atoms with Gasteiger partial charge in [0, 0.05) is 4.90 Å². The predicted molar refractivity (Wildman–Crippen MR) is 89.6 cm³/mol. The molecule has 8 heteroatoms. The lowest BCUT2D eigenvalue weighted by atomic mass is 10.2. The van der Waals surface area contributed by atoms with Crippen LogP contribution in [0, 0.1) is 0 Å². The number of amides is 1. The van der Waals surface area contributed by atoms with Gasteiger partial charge in [-0.05, 0) is 31.2 Å². The summed E-state index contributed by atoms with van der Waals surface area (Å²) in [7, 11) is 0. The molecule has 0 spiro atoms. The number of fused-ring (bicyclic) bond motifs is 1. The van der Waals surface area contributed by atoms with Crippen molar-refractivity contribution < 1.29 is 28.3 Å². The number of benzene rings is 1. The van der Waals surface area contributed by atoms with E-state index >= 15 is 0 Å². The average Bonchev–Trinajstić information content (AvgIpc) is 3.08. The number of hydrogen-bond donors (Lipinski definition) is 1. The number of nitrogens with one attached hydrogen (secondary N) is 1. The summed E-state index contributed by atoms with van der Waals surface area (Å²) in [5.74, 6) is -0.660. The molecule has 0 bridgehead atoms. The van der Waals surface area contributed by atoms with Crippen molar-refractivity contribution in [1.29, 1.82) is 0 Å². The molecule has 7 nitrogen and oxygen atoms in total. The number of hydrogen-bond acceptors (Lipinski definition) is 7. The Kier molecular flexibility index (Phi) is 5.08. The van der Waals surface area contributed by atoms with Crippen LogP contribution in [0.3, 0.4) is 0 Å². The van der Waals surface area contributed by atoms with Crippen molar-refractivity contribution >= 4 is 35.3 Å². The van der Waals surface area contributed by atoms with Gasteiger partial charge < -0.3 is 19.2 Å². The Hall–Kier alpha value is -2.74. The maximum atomic E-state index is 12.2. The minimum absolute atomic E-state index is 0.113. The van der Waals surface area contributed by atoms with Crippen LogP contribution in [0.2, 0.25) is 0 Å². The third kappa shape index (κ3) is 3.85. The molecule has 2 aromatic rings. The summed E-state index contributed by atoms with van der Waals surface area (Å²) in [6.07, 6.45) is 1.33. The van der Waals surface area contributed by atoms with Crippen molar-refractivity contribution in [2.75, 3.05) is 17.7 Å². The van der Waals surface area contributed by atoms with Crippen molar-refractivity contribution in [3.05, 3.63) is 47.4 Å². The maximum absolute atomic E-state index is 12.2. The van der Waals surface area contributed by atoms with Gasteiger partial charge >= 0.3 is 11.9 Å². The van der Waals surface area contributed by atoms with Crippen LogP contribution >= 0.6 is 11.8 Å². The molecule has 0 atom stereocenters. The van der Waals surface area contributed by atoms with Gasteiger partial charge in [-0.1, -0.05) is 0 Å². The molecule has 1 N–H and O–H groups in total. The highest BCUT2D eigenvalue weighted by atomic mass is 32.2. The van der Waals surface area contributed by atoms with E-state index in [0.717, 1.165) is 4.90 Å². The molecule has 1 aliphatic heterocycles. The van der Waals surface area contributed by atoms with Gasteiger partial charge in [0.05, 0.1) is 29.9 Å². The molecule has 130 valence electrons. The smallest absolute Gasteiger partial charge is 0.341 e. The van der Waals surface area contributed by atoms with Crippen molar-refractivity contribution in [3.63, 3.8) is 0 Å². The highest BCUT2D eigenvalue weighted by Gasteiger charge is 2.20. The van der Waals surface area contributed by atoms with Crippen LogP contribution in [0.4, 0.5) is 5.69 Å². The Bertz CT molecular complexity index is 828. The highest BCUT2D eigenvalue weighted by molar-refractivity contribution is 8.00. The summed E-state index contributed by atoms with van der Waals surface area (Å²) >= 11 is 1.41. The molecule has 1 amide bonds. The van der Waals surface area contributed by atoms with Gasteiger partial charge in [-0.15, -0.1) is 11.8 Å². The number of ether oxygens (including phenoxy) is 2. The second-order valence-electron chi connectivity index (χ2n) is 5.10. The zero-order chi connectivity index (χ0) is 17.8. The average molecular weight is 361 g/mol. The highest BCUT2D eigenvalue weighted by Crippen LogP contribution is 2.32. The number of carbonyl (C=O) groups is 3. The first kappa shape index (κ1) is 17.1. The standard InChI is InChI=1S/C17H15NO6S/c1-2-22-17(21)11-5-6-23-13(11)8-24-16(20)10-3-4-14-12(7-10)18-15(19)9-25-14/h3-7H,2,8-9H2,1H3,(H,18,19). The molecule has 0 aliphatic carbocycles. The second-order valence-corrected chi connectivity index (χ2v) is 6.12. The Morgan fingerprint density at radius 3 is 2.88 bits per heavy atom. The summed E-state index contributed by atoms with van der Waals surface area (Å²) < 4.78 is 15.3. The first-order valence-electron chi connectivity index (χ1n) is 7.55. The third-order valence-electron chi connectivity index (χ3n) is 3.42. The Morgan fingerprint density at radius 1 is 1.24 bits per heavy atom. The number of rotatable bonds is 5. The molecule has 25 heavy (non-hydrogen) atoms. The van der Waals surface area contributed by atoms with Gasteiger partial charge in [-0.2, -0.15) is 0 Å². The zero-order valence-electron chi connectivity index (χ0n) is 13.4. The van der Waals surface area contributed by atoms with Gasteiger partial charge in [0.25, 0.3) is 0 Å². The fourth-order valence-corrected chi connectivity index (χ4v) is 3.06. The molecular formula is C17H15NO6S. The minimum atomic E-state index is -0.584. The summed E-state index contributed by atoms with van der Waals surface area (Å²) in [6.45, 7) is 1.74. The predicted octanol–water partition coefficient (Wildman–Crippen LogP) is 2.86. The third-order valence-corrected chi connectivity index (χ3v) is 4.50. The van der Waals surface area contributed by atoms with Crippen LogP contribution in [-0.2, 0) is 20.9 Å². The summed E-state index contributed by atoms with van der Waals surface area (Å²) in [5.41, 5.74) is 1.11. The van der Waals surface area contributed by atoms with E-state index in [9.17, 15) is 14.4 Å². The summed E-state index contributed by atoms with van der Waals surface area (Å²) in [6, 6.07) is 6.41. The lowest BCUT2D eigenvalue weighted by Crippen LogP contribution is -2.19. The number of esters is 2. The van der Waals surface area contributed by atoms with Crippen molar-refractivity contribution in [2.24, 2.45) is 0 Å². The van der Waals surface area contributed by atoms with Crippen LogP contribution < -0.4 is 5.32 Å². The molecule has 1 aromatic heterocycles. The van der Waals surface area contributed by atoms with E-state index in [-0.39, 0.29) is 30.4 Å². The number of carbonyl (C=O) groups excluding carboxylic acids is 3. The van der Waals surface area contributed by atoms with Gasteiger partial charge in [0.2, 0.25) is 5.91 Å². The number of furan rings is 1. The van der Waals surface area contributed by atoms with E-state index in [1.165, 1.54) is 24.1 Å². The van der Waals surface area contributed by atoms with E-state index in [2.05, 4.69) is 5.32 Å². The molecule has 1 aromatic carbocycles. The Morgan fingerprint density at radius 2 is 2.08 bits per heavy atom. The fourth-order valence-electron chi connectivity index (χ4n) is 2.27. The molecule has 2 heterocycles. The van der Waals surface area contributed by atoms with E-state index < -0.39 is 11.9 Å². The van der Waals surface area contributed by atoms with Crippen molar-refractivity contribution in [2.45, 2.75) is 18.4 Å². The lowest BCUT2D eigenvalue weighted by molar-refractivity contribution is -0.113. The summed E-state index contributed by atoms with van der Waals surface area (Å²) in [5, 5.41) is 2.72. The van der Waals surface area contributed by atoms with Crippen LogP contribution in [0.15, 0.2) is 39.8 Å². The molecule has 1 aliphatic rings. The number of thioether (sulfide) groups is 1. The van der Waals surface area contributed by atoms with Crippen LogP contribution in [0.25, 0.3) is 0 Å². The van der Waals surface area contributed by atoms with Gasteiger partial charge in [-0.3, -0.25) is 4.79 Å². The normalized spacial score (nSPS) is 12.9. The lowest BCUT2D eigenvalue weighted by Gasteiger charge is -2.16. The molecule has 0 unspecified atom stereocenters. The molecule has 0 fully saturated rings. The quantitative estimate of drug-likeness (QED) is 0.818. The minimum Gasteiger partial charge on any atom is -0.465 e. The summed E-state index contributed by atoms with van der Waals surface area (Å²) in [4.78, 5) is 36.3. The topological polar surface area (TPSA) is 94.8 Å². The number of anilines is 1. The van der Waals surface area contributed by atoms with Crippen molar-refractivity contribution in [3.8, 4) is 0 Å². The van der Waals surface area contributed by atoms with E-state index in [4.69, 9.17) is 13.9 Å². The van der Waals surface area contributed by atoms with E-state index in [1.807, 2.05) is 0 Å². The first-order chi connectivity index (χ1) is 12.1. The van der Waals surface area contributed by atoms with E-state index in [0.29, 0.717) is 17.0 Å². The second kappa shape index (κ2) is 7.43. The Balaban J connectivity index is 1.68. The molecule has 0 saturated heterocycles. The van der Waals surface area contributed by atoms with Gasteiger partial charge in [0.15, 0.2) is 12.4 Å². The first-order valence-corrected chi connectivity index (χ1v) is 8.54. The van der Waals surface area contributed by atoms with Gasteiger partial charge in [-0.25, -0.2) is 9.59 Å². The molecule has 0 saturated carbocycles. The van der Waals surface area contributed by atoms with Gasteiger partial charge in [0.1, 0.15) is 5.56 Å². The molecule has 0 radical (unpaired) electrons. The monoisotopic (exact) mass is 361 g/mol. The Labute approximate surface area is 147 Å². The largest absolute Gasteiger partial charge is 0.465 e. The van der Waals surface area contributed by atoms with Crippen LogP contribution in [0.5, 0.6) is 0 Å². The maximum Gasteiger partial charge on any atom is 0.341 e. The van der Waals surface area contributed by atoms with E-state index in [1.54, 1.807) is 25.1 Å². The molecule has 3 rings (SSSR count). The van der Waals surface area contributed by atoms with Crippen LogP contribution in [0.1, 0.15) is 33.4 Å². The fraction of sp³-hybridized carbons (Fsp3) is 0.235.